The second kappa shape index (κ2) is 6.70. The highest BCUT2D eigenvalue weighted by atomic mass is 79.9. The normalized spacial score (nSPS) is 12.7. The van der Waals surface area contributed by atoms with E-state index in [2.05, 4.69) is 33.3 Å². The first kappa shape index (κ1) is 15.5. The molecule has 1 unspecified atom stereocenters. The number of rotatable bonds is 5. The summed E-state index contributed by atoms with van der Waals surface area (Å²) in [5, 5.41) is 8.20. The van der Waals surface area contributed by atoms with Gasteiger partial charge in [-0.15, -0.1) is 0 Å². The molecule has 0 aliphatic rings. The zero-order chi connectivity index (χ0) is 14.7. The van der Waals surface area contributed by atoms with Gasteiger partial charge in [-0.1, -0.05) is 24.6 Å². The van der Waals surface area contributed by atoms with Crippen LogP contribution < -0.4 is 5.32 Å². The van der Waals surface area contributed by atoms with Crippen LogP contribution in [0.1, 0.15) is 30.6 Å². The topological polar surface area (TPSA) is 29.9 Å². The van der Waals surface area contributed by atoms with Gasteiger partial charge < -0.3 is 5.32 Å². The molecule has 3 nitrogen and oxygen atoms in total. The van der Waals surface area contributed by atoms with E-state index in [4.69, 9.17) is 11.6 Å². The van der Waals surface area contributed by atoms with Crippen molar-refractivity contribution in [1.29, 1.82) is 0 Å². The summed E-state index contributed by atoms with van der Waals surface area (Å²) in [4.78, 5) is 0. The van der Waals surface area contributed by atoms with Crippen molar-refractivity contribution in [2.45, 2.75) is 19.4 Å². The quantitative estimate of drug-likeness (QED) is 0.871. The Morgan fingerprint density at radius 1 is 1.50 bits per heavy atom. The first-order valence-corrected chi connectivity index (χ1v) is 7.57. The number of nitrogens with one attached hydrogen (secondary N) is 1. The summed E-state index contributed by atoms with van der Waals surface area (Å²) in [5.74, 6) is -0.279. The van der Waals surface area contributed by atoms with Gasteiger partial charge in [0.15, 0.2) is 0 Å². The average Bonchev–Trinajstić information content (AvgIpc) is 2.75. The Kier molecular flexibility index (Phi) is 5.18. The molecule has 1 aromatic heterocycles. The first-order chi connectivity index (χ1) is 9.54. The lowest BCUT2D eigenvalue weighted by Crippen LogP contribution is -2.25. The Morgan fingerprint density at radius 2 is 2.25 bits per heavy atom. The van der Waals surface area contributed by atoms with E-state index in [1.165, 1.54) is 6.07 Å². The van der Waals surface area contributed by atoms with Gasteiger partial charge in [0.2, 0.25) is 0 Å². The van der Waals surface area contributed by atoms with Gasteiger partial charge >= 0.3 is 0 Å². The summed E-state index contributed by atoms with van der Waals surface area (Å²) < 4.78 is 15.6. The van der Waals surface area contributed by atoms with Crippen LogP contribution in [0.3, 0.4) is 0 Å². The summed E-state index contributed by atoms with van der Waals surface area (Å²) in [6.45, 7) is 2.93. The number of aryl methyl sites for hydroxylation is 1. The lowest BCUT2D eigenvalue weighted by molar-refractivity contribution is 0.551. The summed E-state index contributed by atoms with van der Waals surface area (Å²) in [6, 6.07) is 4.86. The largest absolute Gasteiger partial charge is 0.305 e. The minimum Gasteiger partial charge on any atom is -0.305 e. The zero-order valence-electron chi connectivity index (χ0n) is 11.3. The van der Waals surface area contributed by atoms with Crippen molar-refractivity contribution in [3.05, 3.63) is 51.0 Å². The lowest BCUT2D eigenvalue weighted by atomic mass is 10.0. The monoisotopic (exact) mass is 359 g/mol. The summed E-state index contributed by atoms with van der Waals surface area (Å²) in [6.07, 6.45) is 2.62. The van der Waals surface area contributed by atoms with Crippen molar-refractivity contribution in [3.8, 4) is 0 Å². The predicted octanol–water partition coefficient (Wildman–Crippen LogP) is 4.06. The van der Waals surface area contributed by atoms with Gasteiger partial charge in [0, 0.05) is 7.05 Å². The Morgan fingerprint density at radius 3 is 2.80 bits per heavy atom. The third kappa shape index (κ3) is 3.22. The van der Waals surface area contributed by atoms with Crippen molar-refractivity contribution < 1.29 is 4.39 Å². The first-order valence-electron chi connectivity index (χ1n) is 6.40. The maximum absolute atomic E-state index is 13.4. The lowest BCUT2D eigenvalue weighted by Gasteiger charge is -2.20. The van der Waals surface area contributed by atoms with E-state index in [1.807, 2.05) is 7.05 Å². The van der Waals surface area contributed by atoms with Gasteiger partial charge in [-0.05, 0) is 46.6 Å². The van der Waals surface area contributed by atoms with Crippen LogP contribution in [0, 0.1) is 5.82 Å². The Hall–Kier alpha value is -0.910. The molecule has 0 fully saturated rings. The van der Waals surface area contributed by atoms with E-state index in [0.717, 1.165) is 24.2 Å². The number of hydrogen-bond donors (Lipinski definition) is 1. The molecule has 6 heteroatoms. The second-order valence-corrected chi connectivity index (χ2v) is 5.82. The molecule has 0 aliphatic carbocycles. The fourth-order valence-electron chi connectivity index (χ4n) is 2.10. The van der Waals surface area contributed by atoms with Crippen LogP contribution in [0.15, 0.2) is 28.9 Å². The van der Waals surface area contributed by atoms with Crippen molar-refractivity contribution in [1.82, 2.24) is 15.1 Å². The van der Waals surface area contributed by atoms with Crippen LogP contribution in [0.25, 0.3) is 0 Å². The Balaban J connectivity index is 2.44. The number of nitrogens with zero attached hydrogens (tertiary/aromatic N) is 2. The molecule has 0 spiro atoms. The smallest absolute Gasteiger partial charge is 0.137 e. The molecular weight excluding hydrogens is 345 g/mol. The number of aromatic nitrogens is 2. The molecule has 1 heterocycles. The van der Waals surface area contributed by atoms with Crippen LogP contribution in [-0.4, -0.2) is 16.3 Å². The fraction of sp³-hybridized carbons (Fsp3) is 0.357. The van der Waals surface area contributed by atoms with E-state index in [9.17, 15) is 4.39 Å². The molecule has 2 rings (SSSR count). The van der Waals surface area contributed by atoms with Gasteiger partial charge in [-0.3, -0.25) is 4.68 Å². The van der Waals surface area contributed by atoms with Gasteiger partial charge in [0.05, 0.1) is 27.4 Å². The maximum Gasteiger partial charge on any atom is 0.137 e. The highest BCUT2D eigenvalue weighted by Gasteiger charge is 2.21. The van der Waals surface area contributed by atoms with Gasteiger partial charge in [-0.2, -0.15) is 5.10 Å². The van der Waals surface area contributed by atoms with E-state index >= 15 is 0 Å². The maximum atomic E-state index is 13.4. The van der Waals surface area contributed by atoms with Crippen molar-refractivity contribution in [3.63, 3.8) is 0 Å². The molecule has 0 bridgehead atoms. The van der Waals surface area contributed by atoms with Crippen LogP contribution >= 0.6 is 27.5 Å². The summed E-state index contributed by atoms with van der Waals surface area (Å²) >= 11 is 9.46. The Bertz CT molecular complexity index is 581. The molecular formula is C14H16BrClFN3. The van der Waals surface area contributed by atoms with Crippen LogP contribution in [0.4, 0.5) is 4.39 Å². The van der Waals surface area contributed by atoms with Gasteiger partial charge in [0.1, 0.15) is 5.82 Å². The Labute approximate surface area is 131 Å². The molecule has 0 radical (unpaired) electrons. The molecule has 20 heavy (non-hydrogen) atoms. The molecule has 1 atom stereocenters. The molecule has 1 aromatic carbocycles. The van der Waals surface area contributed by atoms with Crippen molar-refractivity contribution in [2.75, 3.05) is 6.54 Å². The number of benzene rings is 1. The third-order valence-corrected chi connectivity index (χ3v) is 3.99. The second-order valence-electron chi connectivity index (χ2n) is 4.56. The molecule has 0 aliphatic heterocycles. The van der Waals surface area contributed by atoms with Gasteiger partial charge in [-0.25, -0.2) is 4.39 Å². The summed E-state index contributed by atoms with van der Waals surface area (Å²) in [5.41, 5.74) is 1.82. The third-order valence-electron chi connectivity index (χ3n) is 3.09. The van der Waals surface area contributed by atoms with Crippen LogP contribution in [0.5, 0.6) is 0 Å². The fourth-order valence-corrected chi connectivity index (χ4v) is 2.77. The van der Waals surface area contributed by atoms with E-state index in [1.54, 1.807) is 23.0 Å². The predicted molar refractivity (Wildman–Crippen MR) is 82.5 cm³/mol. The van der Waals surface area contributed by atoms with Crippen molar-refractivity contribution in [2.24, 2.45) is 7.05 Å². The molecule has 0 saturated carbocycles. The molecule has 0 saturated heterocycles. The standard InChI is InChI=1S/C14H16BrClFN3/c1-3-6-18-13(14-11(16)8-19-20(14)2)9-4-5-12(17)10(15)7-9/h4-5,7-8,13,18H,3,6H2,1-2H3. The number of halogens is 3. The van der Waals surface area contributed by atoms with Crippen LogP contribution in [-0.2, 0) is 7.05 Å². The minimum absolute atomic E-state index is 0.119. The molecule has 2 aromatic rings. The van der Waals surface area contributed by atoms with E-state index in [-0.39, 0.29) is 11.9 Å². The molecule has 0 amide bonds. The van der Waals surface area contributed by atoms with E-state index in [0.29, 0.717) is 9.50 Å². The highest BCUT2D eigenvalue weighted by molar-refractivity contribution is 9.10. The van der Waals surface area contributed by atoms with Crippen LogP contribution in [0.2, 0.25) is 5.02 Å². The highest BCUT2D eigenvalue weighted by Crippen LogP contribution is 2.30. The van der Waals surface area contributed by atoms with Gasteiger partial charge in [0.25, 0.3) is 0 Å². The molecule has 1 N–H and O–H groups in total. The minimum atomic E-state index is -0.279. The average molecular weight is 361 g/mol. The summed E-state index contributed by atoms with van der Waals surface area (Å²) in [7, 11) is 1.85. The van der Waals surface area contributed by atoms with E-state index < -0.39 is 0 Å². The number of hydrogen-bond acceptors (Lipinski definition) is 2. The zero-order valence-corrected chi connectivity index (χ0v) is 13.7. The van der Waals surface area contributed by atoms with Crippen molar-refractivity contribution >= 4 is 27.5 Å². The SMILES string of the molecule is CCCNC(c1ccc(F)c(Br)c1)c1c(Cl)cnn1C. The molecule has 108 valence electrons.